The molecule has 1 saturated carbocycles. The van der Waals surface area contributed by atoms with Crippen LogP contribution in [-0.4, -0.2) is 47.5 Å². The van der Waals surface area contributed by atoms with Crippen LogP contribution in [0.5, 0.6) is 0 Å². The summed E-state index contributed by atoms with van der Waals surface area (Å²) >= 11 is 0. The summed E-state index contributed by atoms with van der Waals surface area (Å²) in [4.78, 5) is 67.2. The second-order valence-electron chi connectivity index (χ2n) is 7.99. The van der Waals surface area contributed by atoms with Gasteiger partial charge in [0, 0.05) is 18.3 Å². The van der Waals surface area contributed by atoms with E-state index in [9.17, 15) is 28.8 Å². The number of amides is 6. The zero-order valence-corrected chi connectivity index (χ0v) is 16.6. The van der Waals surface area contributed by atoms with Gasteiger partial charge in [-0.25, -0.2) is 9.59 Å². The molecule has 4 N–H and O–H groups in total. The van der Waals surface area contributed by atoms with Gasteiger partial charge in [-0.1, -0.05) is 12.5 Å². The molecule has 0 aromatic rings. The monoisotopic (exact) mass is 418 g/mol. The normalized spacial score (nSPS) is 30.8. The molecular weight excluding hydrogens is 392 g/mol. The van der Waals surface area contributed by atoms with Crippen molar-refractivity contribution in [2.24, 2.45) is 11.8 Å². The lowest BCUT2D eigenvalue weighted by Gasteiger charge is -2.21. The topological polar surface area (TPSA) is 151 Å². The average molecular weight is 418 g/mol. The molecule has 4 aliphatic rings. The third-order valence-electron chi connectivity index (χ3n) is 5.80. The molecule has 0 radical (unpaired) electrons. The molecule has 4 unspecified atom stereocenters. The van der Waals surface area contributed by atoms with E-state index in [1.165, 1.54) is 0 Å². The quantitative estimate of drug-likeness (QED) is 0.487. The molecule has 0 aromatic carbocycles. The first kappa shape index (κ1) is 21.7. The fourth-order valence-electron chi connectivity index (χ4n) is 4.13. The third kappa shape index (κ3) is 5.52. The van der Waals surface area contributed by atoms with Gasteiger partial charge in [-0.2, -0.15) is 0 Å². The Balaban J connectivity index is 0.000000171. The van der Waals surface area contributed by atoms with Crippen molar-refractivity contribution in [3.8, 4) is 0 Å². The van der Waals surface area contributed by atoms with Crippen LogP contribution in [0.25, 0.3) is 0 Å². The molecule has 2 saturated heterocycles. The molecule has 10 nitrogen and oxygen atoms in total. The zero-order valence-electron chi connectivity index (χ0n) is 16.6. The Bertz CT molecular complexity index is 792. The fraction of sp³-hybridized carbons (Fsp3) is 0.600. The molecule has 2 aliphatic heterocycles. The predicted molar refractivity (Wildman–Crippen MR) is 104 cm³/mol. The van der Waals surface area contributed by atoms with Gasteiger partial charge in [0.1, 0.15) is 17.9 Å². The van der Waals surface area contributed by atoms with Crippen molar-refractivity contribution >= 4 is 35.4 Å². The van der Waals surface area contributed by atoms with Gasteiger partial charge in [0.2, 0.25) is 0 Å². The van der Waals surface area contributed by atoms with E-state index < -0.39 is 24.1 Å². The minimum absolute atomic E-state index is 0.0482. The van der Waals surface area contributed by atoms with Crippen molar-refractivity contribution in [2.75, 3.05) is 0 Å². The molecule has 30 heavy (non-hydrogen) atoms. The van der Waals surface area contributed by atoms with Crippen LogP contribution in [0.4, 0.5) is 9.59 Å². The zero-order chi connectivity index (χ0) is 21.7. The van der Waals surface area contributed by atoms with Gasteiger partial charge in [0.15, 0.2) is 5.78 Å². The van der Waals surface area contributed by atoms with E-state index in [0.29, 0.717) is 19.3 Å². The van der Waals surface area contributed by atoms with Crippen LogP contribution in [0, 0.1) is 11.8 Å². The lowest BCUT2D eigenvalue weighted by Crippen LogP contribution is -2.34. The van der Waals surface area contributed by atoms with Crippen molar-refractivity contribution in [1.29, 1.82) is 0 Å². The number of hydrogen-bond acceptors (Lipinski definition) is 6. The number of imide groups is 2. The number of allylic oxidation sites excluding steroid dienone is 2. The summed E-state index contributed by atoms with van der Waals surface area (Å²) in [7, 11) is 0. The van der Waals surface area contributed by atoms with Gasteiger partial charge in [-0.3, -0.25) is 29.8 Å². The van der Waals surface area contributed by atoms with Crippen LogP contribution in [-0.2, 0) is 19.2 Å². The van der Waals surface area contributed by atoms with Gasteiger partial charge in [0.05, 0.1) is 0 Å². The molecule has 0 aromatic heterocycles. The minimum atomic E-state index is -0.544. The standard InChI is InChI=1S/C10H14N2O3.C10H12N2O3/c2*13-8-4-2-1-3-6(8)5-7-9(14)12-10(15)11-7/h6-7H,1-5H2,(H2,11,12,14,15);2,4,6-7H,1,3,5H2,(H2,11,12,14,15). The first-order valence-electron chi connectivity index (χ1n) is 10.3. The van der Waals surface area contributed by atoms with Crippen molar-refractivity contribution in [1.82, 2.24) is 21.3 Å². The molecule has 4 rings (SSSR count). The maximum absolute atomic E-state index is 11.5. The van der Waals surface area contributed by atoms with Gasteiger partial charge in [-0.15, -0.1) is 0 Å². The maximum Gasteiger partial charge on any atom is 0.322 e. The van der Waals surface area contributed by atoms with E-state index in [1.807, 2.05) is 6.08 Å². The lowest BCUT2D eigenvalue weighted by atomic mass is 9.84. The summed E-state index contributed by atoms with van der Waals surface area (Å²) in [5, 5.41) is 9.34. The Kier molecular flexibility index (Phi) is 6.96. The second-order valence-corrected chi connectivity index (χ2v) is 7.99. The fourth-order valence-corrected chi connectivity index (χ4v) is 4.13. The molecule has 0 spiro atoms. The number of hydrogen-bond donors (Lipinski definition) is 4. The molecule has 4 atom stereocenters. The van der Waals surface area contributed by atoms with Crippen molar-refractivity contribution in [3.05, 3.63) is 12.2 Å². The van der Waals surface area contributed by atoms with Gasteiger partial charge in [0.25, 0.3) is 11.8 Å². The molecule has 2 heterocycles. The summed E-state index contributed by atoms with van der Waals surface area (Å²) in [5.41, 5.74) is 0. The van der Waals surface area contributed by atoms with E-state index >= 15 is 0 Å². The highest BCUT2D eigenvalue weighted by molar-refractivity contribution is 6.05. The van der Waals surface area contributed by atoms with Crippen LogP contribution < -0.4 is 21.3 Å². The average Bonchev–Trinajstić information content (AvgIpc) is 3.19. The number of rotatable bonds is 4. The van der Waals surface area contributed by atoms with Crippen molar-refractivity contribution in [2.45, 2.75) is 63.5 Å². The number of urea groups is 2. The van der Waals surface area contributed by atoms with E-state index in [2.05, 4.69) is 21.3 Å². The number of ketones is 2. The molecular formula is C20H26N4O6. The number of carbonyl (C=O) groups is 6. The number of Topliss-reactive ketones (excluding diaryl/α,β-unsaturated/α-hetero) is 1. The van der Waals surface area contributed by atoms with Gasteiger partial charge >= 0.3 is 12.1 Å². The van der Waals surface area contributed by atoms with E-state index in [-0.39, 0.29) is 35.2 Å². The molecule has 2 aliphatic carbocycles. The van der Waals surface area contributed by atoms with Crippen LogP contribution in [0.15, 0.2) is 12.2 Å². The van der Waals surface area contributed by atoms with Gasteiger partial charge in [-0.05, 0) is 44.6 Å². The van der Waals surface area contributed by atoms with Crippen molar-refractivity contribution in [3.63, 3.8) is 0 Å². The summed E-state index contributed by atoms with van der Waals surface area (Å²) < 4.78 is 0. The molecule has 162 valence electrons. The highest BCUT2D eigenvalue weighted by Crippen LogP contribution is 2.25. The lowest BCUT2D eigenvalue weighted by molar-refractivity contribution is -0.126. The highest BCUT2D eigenvalue weighted by Gasteiger charge is 2.35. The summed E-state index contributed by atoms with van der Waals surface area (Å²) in [6.07, 6.45) is 9.34. The summed E-state index contributed by atoms with van der Waals surface area (Å²) in [5.74, 6) is -0.539. The summed E-state index contributed by atoms with van der Waals surface area (Å²) in [6.45, 7) is 0. The van der Waals surface area contributed by atoms with Crippen LogP contribution in [0.2, 0.25) is 0 Å². The van der Waals surface area contributed by atoms with E-state index in [1.54, 1.807) is 6.08 Å². The molecule has 3 fully saturated rings. The third-order valence-corrected chi connectivity index (χ3v) is 5.80. The highest BCUT2D eigenvalue weighted by atomic mass is 16.2. The first-order valence-corrected chi connectivity index (χ1v) is 10.3. The van der Waals surface area contributed by atoms with Gasteiger partial charge < -0.3 is 10.6 Å². The number of nitrogens with one attached hydrogen (secondary N) is 4. The molecule has 6 amide bonds. The Morgan fingerprint density at radius 2 is 1.37 bits per heavy atom. The van der Waals surface area contributed by atoms with Crippen LogP contribution in [0.3, 0.4) is 0 Å². The Hall–Kier alpha value is -3.04. The van der Waals surface area contributed by atoms with E-state index in [4.69, 9.17) is 0 Å². The van der Waals surface area contributed by atoms with E-state index in [0.717, 1.165) is 32.1 Å². The van der Waals surface area contributed by atoms with Crippen molar-refractivity contribution < 1.29 is 28.8 Å². The molecule has 0 bridgehead atoms. The molecule has 10 heteroatoms. The maximum atomic E-state index is 11.5. The number of carbonyl (C=O) groups excluding carboxylic acids is 6. The predicted octanol–water partition coefficient (Wildman–Crippen LogP) is 0.464. The Morgan fingerprint density at radius 1 is 0.767 bits per heavy atom. The summed E-state index contributed by atoms with van der Waals surface area (Å²) in [6, 6.07) is -1.97. The second kappa shape index (κ2) is 9.64. The largest absolute Gasteiger partial charge is 0.326 e. The smallest absolute Gasteiger partial charge is 0.322 e. The Morgan fingerprint density at radius 3 is 1.87 bits per heavy atom. The van der Waals surface area contributed by atoms with Crippen LogP contribution in [0.1, 0.15) is 51.4 Å². The minimum Gasteiger partial charge on any atom is -0.326 e. The SMILES string of the molecule is O=C1NC(=O)C(CC2CCC=CC2=O)N1.O=C1NC(=O)C(CC2CCCCC2=O)N1. The van der Waals surface area contributed by atoms with Crippen LogP contribution >= 0.6 is 0 Å². The first-order chi connectivity index (χ1) is 14.3. The Labute approximate surface area is 173 Å².